The fourth-order valence-electron chi connectivity index (χ4n) is 2.80. The van der Waals surface area contributed by atoms with Gasteiger partial charge in [0.2, 0.25) is 0 Å². The molecule has 0 unspecified atom stereocenters. The lowest BCUT2D eigenvalue weighted by atomic mass is 10.0. The summed E-state index contributed by atoms with van der Waals surface area (Å²) in [6.45, 7) is 1.15. The molecule has 1 aliphatic heterocycles. The van der Waals surface area contributed by atoms with Gasteiger partial charge in [-0.25, -0.2) is 13.9 Å². The molecule has 0 aromatic carbocycles. The van der Waals surface area contributed by atoms with Gasteiger partial charge >= 0.3 is 5.97 Å². The summed E-state index contributed by atoms with van der Waals surface area (Å²) in [5, 5.41) is 7.64. The van der Waals surface area contributed by atoms with Gasteiger partial charge in [0, 0.05) is 16.3 Å². The number of ether oxygens (including phenoxy) is 2. The van der Waals surface area contributed by atoms with Gasteiger partial charge in [-0.15, -0.1) is 0 Å². The summed E-state index contributed by atoms with van der Waals surface area (Å²) in [7, 11) is 0. The largest absolute Gasteiger partial charge is 0.456 e. The summed E-state index contributed by atoms with van der Waals surface area (Å²) in [6, 6.07) is 3.21. The molecule has 0 saturated carbocycles. The van der Waals surface area contributed by atoms with Crippen molar-refractivity contribution in [3.63, 3.8) is 0 Å². The van der Waals surface area contributed by atoms with Crippen molar-refractivity contribution in [3.05, 3.63) is 34.6 Å². The number of halogens is 2. The fourth-order valence-corrected chi connectivity index (χ4v) is 3.56. The van der Waals surface area contributed by atoms with Crippen LogP contribution in [0.25, 0.3) is 16.0 Å². The number of carbonyl (C=O) groups excluding carboxylic acids is 1. The number of esters is 1. The van der Waals surface area contributed by atoms with Crippen LogP contribution in [-0.2, 0) is 14.3 Å². The first-order valence-electron chi connectivity index (χ1n) is 7.13. The number of carbonyl (C=O) groups is 1. The highest BCUT2D eigenvalue weighted by molar-refractivity contribution is 14.1. The molecule has 3 heterocycles. The van der Waals surface area contributed by atoms with E-state index in [4.69, 9.17) is 20.7 Å². The molecule has 1 fully saturated rings. The van der Waals surface area contributed by atoms with Crippen LogP contribution in [0.3, 0.4) is 0 Å². The molecule has 0 spiro atoms. The van der Waals surface area contributed by atoms with Gasteiger partial charge in [0.15, 0.2) is 23.8 Å². The third-order valence-corrected chi connectivity index (χ3v) is 4.95. The standard InChI is InChI=1S/C13H13FIN7O3/c1-6(23)24-11-9(14)10(25-13(11,4-15)20-21-17)7-2-3-8-12(16)18-5-19-22(7)8/h2-3,5,9-11H,4H2,1H3,(H2,16,18,19)/t9-,10-,11-,13+/m0/s1. The minimum atomic E-state index is -1.77. The Balaban J connectivity index is 2.09. The van der Waals surface area contributed by atoms with E-state index < -0.39 is 30.1 Å². The van der Waals surface area contributed by atoms with E-state index in [1.54, 1.807) is 12.1 Å². The Kier molecular flexibility index (Phi) is 4.67. The molecule has 2 aromatic heterocycles. The number of hydrogen-bond donors (Lipinski definition) is 1. The zero-order valence-electron chi connectivity index (χ0n) is 12.9. The number of nitrogen functional groups attached to an aromatic ring is 1. The zero-order valence-corrected chi connectivity index (χ0v) is 15.1. The number of aromatic nitrogens is 3. The maximum absolute atomic E-state index is 15.1. The van der Waals surface area contributed by atoms with E-state index in [1.165, 1.54) is 10.8 Å². The van der Waals surface area contributed by atoms with E-state index in [0.29, 0.717) is 11.2 Å². The molecule has 0 bridgehead atoms. The third kappa shape index (κ3) is 2.85. The summed E-state index contributed by atoms with van der Waals surface area (Å²) in [6.07, 6.45) is -3.08. The summed E-state index contributed by atoms with van der Waals surface area (Å²) in [5.74, 6) is -0.479. The first kappa shape index (κ1) is 17.6. The van der Waals surface area contributed by atoms with E-state index in [0.717, 1.165) is 6.92 Å². The maximum Gasteiger partial charge on any atom is 0.303 e. The number of alkyl halides is 2. The molecule has 2 aromatic rings. The topological polar surface area (TPSA) is 141 Å². The van der Waals surface area contributed by atoms with Crippen molar-refractivity contribution < 1.29 is 18.7 Å². The van der Waals surface area contributed by atoms with Gasteiger partial charge in [-0.3, -0.25) is 4.79 Å². The number of fused-ring (bicyclic) bond motifs is 1. The molecule has 12 heteroatoms. The molecule has 1 saturated heterocycles. The Morgan fingerprint density at radius 2 is 2.44 bits per heavy atom. The molecular weight excluding hydrogens is 448 g/mol. The smallest absolute Gasteiger partial charge is 0.303 e. The van der Waals surface area contributed by atoms with Gasteiger partial charge in [0.25, 0.3) is 0 Å². The highest BCUT2D eigenvalue weighted by Gasteiger charge is 2.58. The average Bonchev–Trinajstić information content (AvgIpc) is 3.11. The van der Waals surface area contributed by atoms with E-state index in [-0.39, 0.29) is 10.2 Å². The molecular formula is C13H13FIN7O3. The Hall–Kier alpha value is -2.18. The molecule has 2 N–H and O–H groups in total. The van der Waals surface area contributed by atoms with Gasteiger partial charge in [-0.2, -0.15) is 5.10 Å². The molecule has 1 aliphatic rings. The lowest BCUT2D eigenvalue weighted by molar-refractivity contribution is -0.156. The molecule has 0 amide bonds. The van der Waals surface area contributed by atoms with E-state index in [1.807, 2.05) is 22.6 Å². The minimum Gasteiger partial charge on any atom is -0.456 e. The summed E-state index contributed by atoms with van der Waals surface area (Å²) in [5.41, 5.74) is 13.8. The van der Waals surface area contributed by atoms with Crippen molar-refractivity contribution in [3.8, 4) is 0 Å². The van der Waals surface area contributed by atoms with E-state index in [2.05, 4.69) is 20.1 Å². The average molecular weight is 461 g/mol. The lowest BCUT2D eigenvalue weighted by Gasteiger charge is -2.26. The Morgan fingerprint density at radius 1 is 1.68 bits per heavy atom. The van der Waals surface area contributed by atoms with Crippen LogP contribution in [0.2, 0.25) is 0 Å². The maximum atomic E-state index is 15.1. The van der Waals surface area contributed by atoms with Gasteiger partial charge < -0.3 is 15.2 Å². The Morgan fingerprint density at radius 3 is 3.08 bits per heavy atom. The van der Waals surface area contributed by atoms with Gasteiger partial charge in [0.05, 0.1) is 5.69 Å². The monoisotopic (exact) mass is 461 g/mol. The fraction of sp³-hybridized carbons (Fsp3) is 0.462. The number of azide groups is 1. The molecule has 10 nitrogen and oxygen atoms in total. The van der Waals surface area contributed by atoms with E-state index >= 15 is 4.39 Å². The van der Waals surface area contributed by atoms with E-state index in [9.17, 15) is 4.79 Å². The molecule has 25 heavy (non-hydrogen) atoms. The summed E-state index contributed by atoms with van der Waals surface area (Å²) >= 11 is 1.89. The lowest BCUT2D eigenvalue weighted by Crippen LogP contribution is -2.44. The van der Waals surface area contributed by atoms with Crippen LogP contribution in [0.1, 0.15) is 18.7 Å². The molecule has 4 atom stereocenters. The van der Waals surface area contributed by atoms with Gasteiger partial charge in [-0.1, -0.05) is 27.7 Å². The highest BCUT2D eigenvalue weighted by Crippen LogP contribution is 2.45. The predicted molar refractivity (Wildman–Crippen MR) is 92.4 cm³/mol. The van der Waals surface area contributed by atoms with Crippen LogP contribution >= 0.6 is 22.6 Å². The quantitative estimate of drug-likeness (QED) is 0.185. The van der Waals surface area contributed by atoms with Gasteiger partial charge in [0.1, 0.15) is 17.9 Å². The molecule has 3 rings (SSSR count). The van der Waals surface area contributed by atoms with Crippen LogP contribution < -0.4 is 5.73 Å². The second-order valence-corrected chi connectivity index (χ2v) is 6.14. The number of anilines is 1. The van der Waals surface area contributed by atoms with Crippen LogP contribution in [-0.4, -0.2) is 43.0 Å². The minimum absolute atomic E-state index is 0.0874. The molecule has 0 radical (unpaired) electrons. The van der Waals surface area contributed by atoms with Crippen molar-refractivity contribution >= 4 is 39.9 Å². The Bertz CT molecular complexity index is 870. The molecule has 0 aliphatic carbocycles. The van der Waals surface area contributed by atoms with Crippen molar-refractivity contribution in [2.24, 2.45) is 5.11 Å². The van der Waals surface area contributed by atoms with Crippen molar-refractivity contribution in [2.45, 2.75) is 31.0 Å². The van der Waals surface area contributed by atoms with Crippen molar-refractivity contribution in [2.75, 3.05) is 10.2 Å². The summed E-state index contributed by atoms with van der Waals surface area (Å²) < 4.78 is 27.4. The first-order valence-corrected chi connectivity index (χ1v) is 8.65. The number of nitrogens with two attached hydrogens (primary N) is 1. The second kappa shape index (κ2) is 6.61. The highest BCUT2D eigenvalue weighted by atomic mass is 127. The van der Waals surface area contributed by atoms with Crippen LogP contribution in [0, 0.1) is 0 Å². The van der Waals surface area contributed by atoms with Crippen molar-refractivity contribution in [1.29, 1.82) is 0 Å². The Labute approximate surface area is 154 Å². The summed E-state index contributed by atoms with van der Waals surface area (Å²) in [4.78, 5) is 18.0. The number of hydrogen-bond acceptors (Lipinski definition) is 7. The number of nitrogens with zero attached hydrogens (tertiary/aromatic N) is 6. The van der Waals surface area contributed by atoms with Gasteiger partial charge in [-0.05, 0) is 17.7 Å². The first-order chi connectivity index (χ1) is 11.9. The molecule has 132 valence electrons. The van der Waals surface area contributed by atoms with Crippen LogP contribution in [0.4, 0.5) is 10.2 Å². The van der Waals surface area contributed by atoms with Crippen LogP contribution in [0.15, 0.2) is 23.6 Å². The number of rotatable bonds is 4. The third-order valence-electron chi connectivity index (χ3n) is 3.86. The zero-order chi connectivity index (χ0) is 18.2. The second-order valence-electron chi connectivity index (χ2n) is 5.38. The SMILES string of the molecule is CC(=O)O[C@H]1[C@@H](F)[C@H](c2ccc3c(N)ncnn23)O[C@@]1(CI)N=[N+]=[N-]. The predicted octanol–water partition coefficient (Wildman–Crippen LogP) is 2.09. The van der Waals surface area contributed by atoms with Crippen molar-refractivity contribution in [1.82, 2.24) is 14.6 Å². The van der Waals surface area contributed by atoms with Crippen LogP contribution in [0.5, 0.6) is 0 Å². The normalized spacial score (nSPS) is 28.7.